The Kier molecular flexibility index (Phi) is 4.66. The largest absolute Gasteiger partial charge is 0.396 e. The van der Waals surface area contributed by atoms with Crippen LogP contribution in [-0.4, -0.2) is 75.4 Å². The summed E-state index contributed by atoms with van der Waals surface area (Å²) in [5.74, 6) is 0.976. The number of fused-ring (bicyclic) bond motifs is 2. The Bertz CT molecular complexity index is 1130. The van der Waals surface area contributed by atoms with Crippen LogP contribution in [0.5, 0.6) is 0 Å². The van der Waals surface area contributed by atoms with E-state index in [9.17, 15) is 9.90 Å². The fraction of sp³-hybridized carbons (Fsp3) is 0.458. The van der Waals surface area contributed by atoms with Crippen molar-refractivity contribution in [2.45, 2.75) is 24.5 Å². The average Bonchev–Trinajstić information content (AvgIpc) is 3.45. The molecule has 166 valence electrons. The Morgan fingerprint density at radius 2 is 2.03 bits per heavy atom. The number of para-hydroxylation sites is 1. The number of nitrogens with one attached hydrogen (secondary N) is 1. The summed E-state index contributed by atoms with van der Waals surface area (Å²) < 4.78 is 6.50. The number of aliphatic hydroxyl groups excluding tert-OH is 1. The average molecular weight is 434 g/mol. The van der Waals surface area contributed by atoms with Gasteiger partial charge in [0.2, 0.25) is 11.9 Å². The zero-order valence-corrected chi connectivity index (χ0v) is 17.9. The van der Waals surface area contributed by atoms with E-state index in [-0.39, 0.29) is 30.5 Å². The number of nitrogens with zero attached hydrogens (tertiary/aromatic N) is 4. The Balaban J connectivity index is 1.18. The molecule has 2 aromatic heterocycles. The SMILES string of the molecule is O=C(CCc1c[nH]c2ccccc12)N1C[C@@H]2[C@H](CO)[C@H]3CN(c4ncccn4)C[C@]2(C1)O3. The molecule has 8 heteroatoms. The number of hydrogen-bond acceptors (Lipinski definition) is 6. The Morgan fingerprint density at radius 3 is 2.88 bits per heavy atom. The van der Waals surface area contributed by atoms with Crippen LogP contribution in [0.25, 0.3) is 10.9 Å². The summed E-state index contributed by atoms with van der Waals surface area (Å²) in [6.45, 7) is 2.57. The second-order valence-electron chi connectivity index (χ2n) is 9.24. The number of morpholine rings is 1. The van der Waals surface area contributed by atoms with Gasteiger partial charge in [0.05, 0.1) is 19.2 Å². The molecule has 3 aliphatic rings. The predicted octanol–water partition coefficient (Wildman–Crippen LogP) is 1.62. The zero-order valence-electron chi connectivity index (χ0n) is 17.9. The Morgan fingerprint density at radius 1 is 1.19 bits per heavy atom. The first-order chi connectivity index (χ1) is 15.7. The van der Waals surface area contributed by atoms with Gasteiger partial charge in [0.15, 0.2) is 0 Å². The van der Waals surface area contributed by atoms with Gasteiger partial charge in [0.25, 0.3) is 0 Å². The second kappa shape index (κ2) is 7.56. The van der Waals surface area contributed by atoms with Crippen LogP contribution in [0, 0.1) is 11.8 Å². The normalized spacial score (nSPS) is 29.0. The van der Waals surface area contributed by atoms with E-state index >= 15 is 0 Å². The van der Waals surface area contributed by atoms with E-state index in [1.807, 2.05) is 23.2 Å². The van der Waals surface area contributed by atoms with Gasteiger partial charge in [-0.05, 0) is 24.1 Å². The molecule has 3 aliphatic heterocycles. The first-order valence-corrected chi connectivity index (χ1v) is 11.3. The van der Waals surface area contributed by atoms with Crippen LogP contribution in [0.4, 0.5) is 5.95 Å². The fourth-order valence-electron chi connectivity index (χ4n) is 5.97. The quantitative estimate of drug-likeness (QED) is 0.635. The van der Waals surface area contributed by atoms with Gasteiger partial charge < -0.3 is 24.6 Å². The minimum Gasteiger partial charge on any atom is -0.396 e. The van der Waals surface area contributed by atoms with Crippen molar-refractivity contribution in [3.8, 4) is 0 Å². The number of aryl methyl sites for hydroxylation is 1. The highest BCUT2D eigenvalue weighted by Crippen LogP contribution is 2.49. The lowest BCUT2D eigenvalue weighted by Gasteiger charge is -2.40. The summed E-state index contributed by atoms with van der Waals surface area (Å²) in [7, 11) is 0. The van der Waals surface area contributed by atoms with Gasteiger partial charge in [-0.1, -0.05) is 18.2 Å². The number of aromatic nitrogens is 3. The molecule has 32 heavy (non-hydrogen) atoms. The number of aliphatic hydroxyl groups is 1. The molecule has 4 atom stereocenters. The Labute approximate surface area is 186 Å². The van der Waals surface area contributed by atoms with Crippen molar-refractivity contribution in [1.29, 1.82) is 0 Å². The molecule has 3 fully saturated rings. The molecule has 3 saturated heterocycles. The van der Waals surface area contributed by atoms with Gasteiger partial charge in [0, 0.05) is 67.4 Å². The third-order valence-corrected chi connectivity index (χ3v) is 7.47. The van der Waals surface area contributed by atoms with E-state index in [4.69, 9.17) is 4.74 Å². The maximum absolute atomic E-state index is 13.2. The number of ether oxygens (including phenoxy) is 1. The molecule has 5 heterocycles. The second-order valence-corrected chi connectivity index (χ2v) is 9.24. The molecule has 0 radical (unpaired) electrons. The van der Waals surface area contributed by atoms with Crippen LogP contribution in [0.1, 0.15) is 12.0 Å². The molecule has 0 unspecified atom stereocenters. The lowest BCUT2D eigenvalue weighted by Crippen LogP contribution is -2.55. The highest BCUT2D eigenvalue weighted by molar-refractivity contribution is 5.84. The molecule has 3 aromatic rings. The number of hydrogen-bond donors (Lipinski definition) is 2. The van der Waals surface area contributed by atoms with Crippen molar-refractivity contribution < 1.29 is 14.6 Å². The van der Waals surface area contributed by atoms with Crippen LogP contribution < -0.4 is 4.90 Å². The number of amides is 1. The molecule has 6 rings (SSSR count). The van der Waals surface area contributed by atoms with E-state index in [0.29, 0.717) is 45.0 Å². The fourth-order valence-corrected chi connectivity index (χ4v) is 5.97. The minimum absolute atomic E-state index is 0.0233. The molecule has 1 amide bonds. The van der Waals surface area contributed by atoms with E-state index in [1.165, 1.54) is 10.9 Å². The van der Waals surface area contributed by atoms with Crippen molar-refractivity contribution in [3.63, 3.8) is 0 Å². The number of likely N-dealkylation sites (tertiary alicyclic amines) is 1. The molecule has 8 nitrogen and oxygen atoms in total. The molecular formula is C24H27N5O3. The molecule has 1 aromatic carbocycles. The summed E-state index contributed by atoms with van der Waals surface area (Å²) in [4.78, 5) is 29.4. The van der Waals surface area contributed by atoms with Gasteiger partial charge in [-0.15, -0.1) is 0 Å². The Hall–Kier alpha value is -2.97. The van der Waals surface area contributed by atoms with Gasteiger partial charge in [0.1, 0.15) is 5.60 Å². The first-order valence-electron chi connectivity index (χ1n) is 11.3. The highest BCUT2D eigenvalue weighted by Gasteiger charge is 2.63. The van der Waals surface area contributed by atoms with E-state index < -0.39 is 5.60 Å². The van der Waals surface area contributed by atoms with Crippen LogP contribution in [0.15, 0.2) is 48.9 Å². The first kappa shape index (κ1) is 19.7. The van der Waals surface area contributed by atoms with Crippen molar-refractivity contribution in [3.05, 3.63) is 54.5 Å². The molecule has 0 saturated carbocycles. The number of anilines is 1. The zero-order chi connectivity index (χ0) is 21.7. The van der Waals surface area contributed by atoms with Crippen molar-refractivity contribution in [1.82, 2.24) is 19.9 Å². The maximum Gasteiger partial charge on any atom is 0.225 e. The summed E-state index contributed by atoms with van der Waals surface area (Å²) in [5, 5.41) is 11.3. The minimum atomic E-state index is -0.466. The molecule has 1 spiro atoms. The van der Waals surface area contributed by atoms with Gasteiger partial charge in [-0.2, -0.15) is 0 Å². The van der Waals surface area contributed by atoms with Gasteiger partial charge >= 0.3 is 0 Å². The monoisotopic (exact) mass is 433 g/mol. The van der Waals surface area contributed by atoms with Gasteiger partial charge in [-0.25, -0.2) is 9.97 Å². The molecule has 2 N–H and O–H groups in total. The van der Waals surface area contributed by atoms with Crippen molar-refractivity contribution in [2.24, 2.45) is 11.8 Å². The third-order valence-electron chi connectivity index (χ3n) is 7.47. The van der Waals surface area contributed by atoms with E-state index in [0.717, 1.165) is 5.52 Å². The van der Waals surface area contributed by atoms with Crippen molar-refractivity contribution >= 4 is 22.8 Å². The number of benzene rings is 1. The van der Waals surface area contributed by atoms with Gasteiger partial charge in [-0.3, -0.25) is 4.79 Å². The summed E-state index contributed by atoms with van der Waals surface area (Å²) in [6.07, 6.45) is 6.59. The number of aromatic amines is 1. The molecule has 2 bridgehead atoms. The standard InChI is InChI=1S/C24H27N5O3/c30-13-18-19-11-28(22(31)7-6-16-10-27-20-5-2-1-4-17(16)20)14-24(19)15-29(12-21(18)32-24)23-25-8-3-9-26-23/h1-5,8-10,18-19,21,27,30H,6-7,11-15H2/t18-,19+,21+,24-/m0/s1. The molecule has 0 aliphatic carbocycles. The maximum atomic E-state index is 13.2. The van der Waals surface area contributed by atoms with Crippen LogP contribution in [-0.2, 0) is 16.0 Å². The van der Waals surface area contributed by atoms with Crippen LogP contribution in [0.3, 0.4) is 0 Å². The summed E-state index contributed by atoms with van der Waals surface area (Å²) in [5.41, 5.74) is 1.80. The third kappa shape index (κ3) is 3.09. The number of rotatable bonds is 5. The number of H-pyrrole nitrogens is 1. The van der Waals surface area contributed by atoms with Crippen LogP contribution in [0.2, 0.25) is 0 Å². The molecular weight excluding hydrogens is 406 g/mol. The van der Waals surface area contributed by atoms with Crippen molar-refractivity contribution in [2.75, 3.05) is 37.7 Å². The number of carbonyl (C=O) groups is 1. The smallest absolute Gasteiger partial charge is 0.225 e. The lowest BCUT2D eigenvalue weighted by molar-refractivity contribution is -0.133. The van der Waals surface area contributed by atoms with E-state index in [1.54, 1.807) is 18.5 Å². The topological polar surface area (TPSA) is 94.6 Å². The summed E-state index contributed by atoms with van der Waals surface area (Å²) >= 11 is 0. The number of carbonyl (C=O) groups excluding carboxylic acids is 1. The predicted molar refractivity (Wildman–Crippen MR) is 119 cm³/mol. The lowest BCUT2D eigenvalue weighted by atomic mass is 9.83. The van der Waals surface area contributed by atoms with Crippen LogP contribution >= 0.6 is 0 Å². The summed E-state index contributed by atoms with van der Waals surface area (Å²) in [6, 6.07) is 9.98. The van der Waals surface area contributed by atoms with E-state index in [2.05, 4.69) is 32.0 Å². The highest BCUT2D eigenvalue weighted by atomic mass is 16.5.